The van der Waals surface area contributed by atoms with Gasteiger partial charge in [-0.25, -0.2) is 4.39 Å². The van der Waals surface area contributed by atoms with E-state index in [-0.39, 0.29) is 5.82 Å². The molecule has 1 aromatic carbocycles. The Balaban J connectivity index is 2.15. The van der Waals surface area contributed by atoms with Gasteiger partial charge in [-0.1, -0.05) is 23.8 Å². The monoisotopic (exact) mass is 191 g/mol. The normalized spacial score (nSPS) is 19.9. The van der Waals surface area contributed by atoms with E-state index in [0.29, 0.717) is 0 Å². The highest BCUT2D eigenvalue weighted by atomic mass is 19.1. The molecule has 1 N–H and O–H groups in total. The first-order valence-corrected chi connectivity index (χ1v) is 5.00. The van der Waals surface area contributed by atoms with Crippen molar-refractivity contribution in [3.05, 3.63) is 41.2 Å². The van der Waals surface area contributed by atoms with E-state index in [0.717, 1.165) is 25.1 Å². The molecule has 0 amide bonds. The van der Waals surface area contributed by atoms with Crippen LogP contribution in [0.2, 0.25) is 0 Å². The maximum Gasteiger partial charge on any atom is 0.123 e. The summed E-state index contributed by atoms with van der Waals surface area (Å²) >= 11 is 0. The number of rotatable bonds is 1. The number of piperidine rings is 1. The number of hydrogen-bond donors (Lipinski definition) is 1. The standard InChI is InChI=1S/C12H14FN/c13-12-5-1-3-10(8-12)7-11-4-2-6-14-9-11/h1,3,5,7-8,14H,2,4,6,9H2. The minimum Gasteiger partial charge on any atom is -0.313 e. The highest BCUT2D eigenvalue weighted by Crippen LogP contribution is 2.14. The average Bonchev–Trinajstić information content (AvgIpc) is 2.19. The molecule has 14 heavy (non-hydrogen) atoms. The molecule has 1 saturated heterocycles. The summed E-state index contributed by atoms with van der Waals surface area (Å²) in [6, 6.07) is 6.73. The molecule has 1 aromatic rings. The van der Waals surface area contributed by atoms with Crippen LogP contribution in [0.4, 0.5) is 4.39 Å². The third kappa shape index (κ3) is 2.42. The molecule has 2 rings (SSSR count). The topological polar surface area (TPSA) is 12.0 Å². The predicted octanol–water partition coefficient (Wildman–Crippen LogP) is 2.59. The summed E-state index contributed by atoms with van der Waals surface area (Å²) in [6.07, 6.45) is 4.39. The first kappa shape index (κ1) is 9.41. The number of nitrogens with one attached hydrogen (secondary N) is 1. The van der Waals surface area contributed by atoms with Crippen LogP contribution in [0.3, 0.4) is 0 Å². The van der Waals surface area contributed by atoms with Crippen molar-refractivity contribution in [2.75, 3.05) is 13.1 Å². The predicted molar refractivity (Wildman–Crippen MR) is 56.5 cm³/mol. The molecule has 0 aliphatic carbocycles. The zero-order chi connectivity index (χ0) is 9.80. The van der Waals surface area contributed by atoms with E-state index in [4.69, 9.17) is 0 Å². The van der Waals surface area contributed by atoms with Crippen LogP contribution in [-0.4, -0.2) is 13.1 Å². The van der Waals surface area contributed by atoms with Gasteiger partial charge in [0.05, 0.1) is 0 Å². The van der Waals surface area contributed by atoms with Gasteiger partial charge >= 0.3 is 0 Å². The lowest BCUT2D eigenvalue weighted by Gasteiger charge is -2.15. The Morgan fingerprint density at radius 3 is 3.00 bits per heavy atom. The van der Waals surface area contributed by atoms with Crippen LogP contribution in [0.15, 0.2) is 29.8 Å². The fraction of sp³-hybridized carbons (Fsp3) is 0.333. The third-order valence-electron chi connectivity index (χ3n) is 2.42. The van der Waals surface area contributed by atoms with Gasteiger partial charge in [0.15, 0.2) is 0 Å². The summed E-state index contributed by atoms with van der Waals surface area (Å²) < 4.78 is 12.9. The highest BCUT2D eigenvalue weighted by Gasteiger charge is 2.03. The van der Waals surface area contributed by atoms with E-state index >= 15 is 0 Å². The van der Waals surface area contributed by atoms with Gasteiger partial charge in [-0.05, 0) is 37.1 Å². The lowest BCUT2D eigenvalue weighted by Crippen LogP contribution is -2.23. The van der Waals surface area contributed by atoms with Crippen molar-refractivity contribution in [1.82, 2.24) is 5.32 Å². The lowest BCUT2D eigenvalue weighted by atomic mass is 10.0. The summed E-state index contributed by atoms with van der Waals surface area (Å²) in [5, 5.41) is 3.31. The van der Waals surface area contributed by atoms with E-state index in [1.165, 1.54) is 18.1 Å². The Labute approximate surface area is 83.6 Å². The highest BCUT2D eigenvalue weighted by molar-refractivity contribution is 5.53. The second kappa shape index (κ2) is 4.38. The van der Waals surface area contributed by atoms with Gasteiger partial charge in [0.2, 0.25) is 0 Å². The minimum absolute atomic E-state index is 0.164. The van der Waals surface area contributed by atoms with E-state index in [1.54, 1.807) is 12.1 Å². The fourth-order valence-corrected chi connectivity index (χ4v) is 1.73. The molecular weight excluding hydrogens is 177 g/mol. The number of halogens is 1. The van der Waals surface area contributed by atoms with Gasteiger partial charge < -0.3 is 5.32 Å². The molecule has 74 valence electrons. The van der Waals surface area contributed by atoms with Gasteiger partial charge in [-0.2, -0.15) is 0 Å². The van der Waals surface area contributed by atoms with E-state index < -0.39 is 0 Å². The summed E-state index contributed by atoms with van der Waals surface area (Å²) in [5.41, 5.74) is 2.32. The van der Waals surface area contributed by atoms with Crippen LogP contribution in [0, 0.1) is 5.82 Å². The SMILES string of the molecule is Fc1cccc(C=C2CCCNC2)c1. The Hall–Kier alpha value is -1.15. The molecule has 1 aliphatic heterocycles. The van der Waals surface area contributed by atoms with Crippen molar-refractivity contribution >= 4 is 6.08 Å². The second-order valence-electron chi connectivity index (χ2n) is 3.64. The van der Waals surface area contributed by atoms with Gasteiger partial charge in [0.1, 0.15) is 5.82 Å². The summed E-state index contributed by atoms with van der Waals surface area (Å²) in [7, 11) is 0. The molecular formula is C12H14FN. The Bertz CT molecular complexity index is 336. The van der Waals surface area contributed by atoms with Crippen molar-refractivity contribution in [1.29, 1.82) is 0 Å². The molecule has 0 saturated carbocycles. The van der Waals surface area contributed by atoms with Crippen molar-refractivity contribution in [2.24, 2.45) is 0 Å². The van der Waals surface area contributed by atoms with Gasteiger partial charge in [-0.15, -0.1) is 0 Å². The van der Waals surface area contributed by atoms with Gasteiger partial charge in [0, 0.05) is 6.54 Å². The van der Waals surface area contributed by atoms with Crippen LogP contribution in [0.1, 0.15) is 18.4 Å². The Morgan fingerprint density at radius 1 is 1.36 bits per heavy atom. The van der Waals surface area contributed by atoms with E-state index in [2.05, 4.69) is 11.4 Å². The first-order chi connectivity index (χ1) is 6.84. The van der Waals surface area contributed by atoms with Gasteiger partial charge in [0.25, 0.3) is 0 Å². The van der Waals surface area contributed by atoms with Crippen LogP contribution in [-0.2, 0) is 0 Å². The second-order valence-corrected chi connectivity index (χ2v) is 3.64. The molecule has 0 bridgehead atoms. The average molecular weight is 191 g/mol. The number of hydrogen-bond acceptors (Lipinski definition) is 1. The summed E-state index contributed by atoms with van der Waals surface area (Å²) in [6.45, 7) is 2.04. The molecule has 0 unspecified atom stereocenters. The van der Waals surface area contributed by atoms with Crippen LogP contribution < -0.4 is 5.32 Å². The smallest absolute Gasteiger partial charge is 0.123 e. The molecule has 2 heteroatoms. The molecule has 0 aromatic heterocycles. The van der Waals surface area contributed by atoms with Crippen LogP contribution in [0.25, 0.3) is 6.08 Å². The van der Waals surface area contributed by atoms with E-state index in [9.17, 15) is 4.39 Å². The molecule has 1 heterocycles. The summed E-state index contributed by atoms with van der Waals surface area (Å²) in [5.74, 6) is -0.164. The van der Waals surface area contributed by atoms with Crippen molar-refractivity contribution in [3.63, 3.8) is 0 Å². The Morgan fingerprint density at radius 2 is 2.29 bits per heavy atom. The molecule has 1 fully saturated rings. The fourth-order valence-electron chi connectivity index (χ4n) is 1.73. The third-order valence-corrected chi connectivity index (χ3v) is 2.42. The first-order valence-electron chi connectivity index (χ1n) is 5.00. The van der Waals surface area contributed by atoms with E-state index in [1.807, 2.05) is 6.07 Å². The lowest BCUT2D eigenvalue weighted by molar-refractivity contribution is 0.612. The molecule has 0 radical (unpaired) electrons. The van der Waals surface area contributed by atoms with Crippen LogP contribution in [0.5, 0.6) is 0 Å². The Kier molecular flexibility index (Phi) is 2.94. The van der Waals surface area contributed by atoms with Crippen molar-refractivity contribution in [2.45, 2.75) is 12.8 Å². The van der Waals surface area contributed by atoms with Crippen LogP contribution >= 0.6 is 0 Å². The van der Waals surface area contributed by atoms with Gasteiger partial charge in [-0.3, -0.25) is 0 Å². The summed E-state index contributed by atoms with van der Waals surface area (Å²) in [4.78, 5) is 0. The van der Waals surface area contributed by atoms with Crippen molar-refractivity contribution in [3.8, 4) is 0 Å². The zero-order valence-electron chi connectivity index (χ0n) is 8.09. The largest absolute Gasteiger partial charge is 0.313 e. The molecule has 1 nitrogen and oxygen atoms in total. The molecule has 0 atom stereocenters. The van der Waals surface area contributed by atoms with Crippen molar-refractivity contribution < 1.29 is 4.39 Å². The maximum atomic E-state index is 12.9. The minimum atomic E-state index is -0.164. The number of benzene rings is 1. The molecule has 1 aliphatic rings. The maximum absolute atomic E-state index is 12.9. The quantitative estimate of drug-likeness (QED) is 0.719. The molecule has 0 spiro atoms. The zero-order valence-corrected chi connectivity index (χ0v) is 8.09.